The first-order valence-electron chi connectivity index (χ1n) is 7.43. The predicted molar refractivity (Wildman–Crippen MR) is 98.7 cm³/mol. The second-order valence-electron chi connectivity index (χ2n) is 5.36. The average Bonchev–Trinajstić information content (AvgIpc) is 2.55. The highest BCUT2D eigenvalue weighted by Gasteiger charge is 2.23. The molecule has 0 spiro atoms. The lowest BCUT2D eigenvalue weighted by molar-refractivity contribution is -0.128. The van der Waals surface area contributed by atoms with Gasteiger partial charge in [0.05, 0.1) is 4.90 Å². The summed E-state index contributed by atoms with van der Waals surface area (Å²) < 4.78 is 39.3. The fourth-order valence-corrected chi connectivity index (χ4v) is 3.99. The van der Waals surface area contributed by atoms with E-state index in [1.165, 1.54) is 35.2 Å². The van der Waals surface area contributed by atoms with Crippen molar-refractivity contribution in [1.82, 2.24) is 4.90 Å². The van der Waals surface area contributed by atoms with Crippen molar-refractivity contribution in [3.63, 3.8) is 0 Å². The topological polar surface area (TPSA) is 54.5 Å². The molecule has 25 heavy (non-hydrogen) atoms. The third kappa shape index (κ3) is 5.26. The van der Waals surface area contributed by atoms with Gasteiger partial charge in [0, 0.05) is 28.1 Å². The smallest absolute Gasteiger partial charge is 0.238 e. The summed E-state index contributed by atoms with van der Waals surface area (Å²) in [5, 5.41) is 0.408. The number of rotatable bonds is 6. The van der Waals surface area contributed by atoms with Gasteiger partial charge in [-0.25, -0.2) is 12.8 Å². The fourth-order valence-electron chi connectivity index (χ4n) is 2.23. The maximum atomic E-state index is 13.9. The second-order valence-corrected chi connectivity index (χ2v) is 8.70. The van der Waals surface area contributed by atoms with Crippen LogP contribution in [0.2, 0.25) is 5.02 Å². The van der Waals surface area contributed by atoms with Gasteiger partial charge in [0.1, 0.15) is 11.6 Å². The maximum absolute atomic E-state index is 13.9. The summed E-state index contributed by atoms with van der Waals surface area (Å²) in [4.78, 5) is 13.7. The summed E-state index contributed by atoms with van der Waals surface area (Å²) in [7, 11) is -3.79. The molecule has 0 saturated carbocycles. The quantitative estimate of drug-likeness (QED) is 0.669. The third-order valence-electron chi connectivity index (χ3n) is 3.59. The third-order valence-corrected chi connectivity index (χ3v) is 5.95. The number of carbonyl (C=O) groups excluding carboxylic acids is 1. The minimum absolute atomic E-state index is 0.00323. The van der Waals surface area contributed by atoms with Crippen LogP contribution in [0.1, 0.15) is 12.5 Å². The number of hydrogen-bond acceptors (Lipinski definition) is 3. The molecule has 2 aromatic rings. The molecule has 0 aliphatic rings. The normalized spacial score (nSPS) is 11.4. The molecule has 0 aliphatic heterocycles. The molecule has 0 atom stereocenters. The van der Waals surface area contributed by atoms with E-state index in [-0.39, 0.29) is 18.0 Å². The van der Waals surface area contributed by atoms with Crippen molar-refractivity contribution in [1.29, 1.82) is 0 Å². The van der Waals surface area contributed by atoms with Gasteiger partial charge in [-0.15, -0.1) is 0 Å². The van der Waals surface area contributed by atoms with Gasteiger partial charge in [0.25, 0.3) is 0 Å². The molecule has 8 heteroatoms. The van der Waals surface area contributed by atoms with Crippen LogP contribution in [0.5, 0.6) is 0 Å². The maximum Gasteiger partial charge on any atom is 0.238 e. The van der Waals surface area contributed by atoms with Gasteiger partial charge in [0.15, 0.2) is 9.84 Å². The first-order chi connectivity index (χ1) is 11.7. The van der Waals surface area contributed by atoms with Crippen LogP contribution in [0, 0.1) is 5.82 Å². The molecule has 0 unspecified atom stereocenters. The van der Waals surface area contributed by atoms with E-state index < -0.39 is 27.3 Å². The number of carbonyl (C=O) groups is 1. The van der Waals surface area contributed by atoms with Crippen molar-refractivity contribution in [2.24, 2.45) is 0 Å². The van der Waals surface area contributed by atoms with E-state index in [0.29, 0.717) is 15.1 Å². The lowest BCUT2D eigenvalue weighted by Gasteiger charge is -2.21. The number of halogens is 3. The molecule has 4 nitrogen and oxygen atoms in total. The van der Waals surface area contributed by atoms with E-state index >= 15 is 0 Å². The Kier molecular flexibility index (Phi) is 6.59. The van der Waals surface area contributed by atoms with Crippen molar-refractivity contribution in [2.45, 2.75) is 18.4 Å². The minimum atomic E-state index is -3.79. The highest BCUT2D eigenvalue weighted by molar-refractivity contribution is 9.10. The van der Waals surface area contributed by atoms with E-state index in [2.05, 4.69) is 15.9 Å². The van der Waals surface area contributed by atoms with Crippen LogP contribution in [0.15, 0.2) is 51.8 Å². The first-order valence-corrected chi connectivity index (χ1v) is 10.3. The van der Waals surface area contributed by atoms with Crippen molar-refractivity contribution in [3.05, 3.63) is 63.3 Å². The molecule has 0 bridgehead atoms. The summed E-state index contributed by atoms with van der Waals surface area (Å²) in [5.41, 5.74) is 0.313. The summed E-state index contributed by atoms with van der Waals surface area (Å²) in [6.45, 7) is 1.97. The lowest BCUT2D eigenvalue weighted by atomic mass is 10.2. The predicted octanol–water partition coefficient (Wildman–Crippen LogP) is 4.06. The Labute approximate surface area is 159 Å². The SMILES string of the molecule is CCN(Cc1cc(Br)ccc1F)C(=O)CS(=O)(=O)c1ccc(Cl)cc1. The molecule has 0 radical (unpaired) electrons. The van der Waals surface area contributed by atoms with Gasteiger partial charge in [-0.3, -0.25) is 4.79 Å². The van der Waals surface area contributed by atoms with Gasteiger partial charge in [-0.1, -0.05) is 27.5 Å². The van der Waals surface area contributed by atoms with Crippen molar-refractivity contribution in [2.75, 3.05) is 12.3 Å². The van der Waals surface area contributed by atoms with Gasteiger partial charge in [-0.2, -0.15) is 0 Å². The minimum Gasteiger partial charge on any atom is -0.338 e. The zero-order valence-corrected chi connectivity index (χ0v) is 16.5. The molecule has 0 aliphatic carbocycles. The van der Waals surface area contributed by atoms with E-state index in [0.717, 1.165) is 0 Å². The van der Waals surface area contributed by atoms with E-state index in [4.69, 9.17) is 11.6 Å². The van der Waals surface area contributed by atoms with Crippen LogP contribution in [0.3, 0.4) is 0 Å². The Bertz CT molecular complexity index is 872. The summed E-state index contributed by atoms with van der Waals surface area (Å²) >= 11 is 9.00. The summed E-state index contributed by atoms with van der Waals surface area (Å²) in [5.74, 6) is -1.72. The summed E-state index contributed by atoms with van der Waals surface area (Å²) in [6, 6.07) is 10.0. The number of amides is 1. The van der Waals surface area contributed by atoms with Crippen LogP contribution >= 0.6 is 27.5 Å². The lowest BCUT2D eigenvalue weighted by Crippen LogP contribution is -2.35. The Balaban J connectivity index is 2.16. The number of sulfone groups is 1. The van der Waals surface area contributed by atoms with Gasteiger partial charge >= 0.3 is 0 Å². The monoisotopic (exact) mass is 447 g/mol. The second kappa shape index (κ2) is 8.29. The van der Waals surface area contributed by atoms with Crippen molar-refractivity contribution >= 4 is 43.3 Å². The molecular formula is C17H16BrClFNO3S. The van der Waals surface area contributed by atoms with Crippen LogP contribution in [0.25, 0.3) is 0 Å². The highest BCUT2D eigenvalue weighted by Crippen LogP contribution is 2.19. The Morgan fingerprint density at radius 2 is 1.84 bits per heavy atom. The average molecular weight is 449 g/mol. The molecule has 0 fully saturated rings. The van der Waals surface area contributed by atoms with Gasteiger partial charge in [-0.05, 0) is 49.4 Å². The van der Waals surface area contributed by atoms with Gasteiger partial charge in [0.2, 0.25) is 5.91 Å². The molecule has 2 aromatic carbocycles. The van der Waals surface area contributed by atoms with Crippen LogP contribution in [-0.4, -0.2) is 31.5 Å². The Morgan fingerprint density at radius 3 is 2.44 bits per heavy atom. The zero-order valence-electron chi connectivity index (χ0n) is 13.4. The van der Waals surface area contributed by atoms with Crippen LogP contribution in [0.4, 0.5) is 4.39 Å². The van der Waals surface area contributed by atoms with E-state index in [1.807, 2.05) is 0 Å². The van der Waals surface area contributed by atoms with E-state index in [9.17, 15) is 17.6 Å². The van der Waals surface area contributed by atoms with E-state index in [1.54, 1.807) is 19.1 Å². The molecular weight excluding hydrogens is 433 g/mol. The van der Waals surface area contributed by atoms with Crippen molar-refractivity contribution < 1.29 is 17.6 Å². The number of benzene rings is 2. The molecule has 0 N–H and O–H groups in total. The molecule has 0 aromatic heterocycles. The standard InChI is InChI=1S/C17H16BrClFNO3S/c1-2-21(10-12-9-13(18)3-8-16(12)20)17(22)11-25(23,24)15-6-4-14(19)5-7-15/h3-9H,2,10-11H2,1H3. The number of hydrogen-bond donors (Lipinski definition) is 0. The Hall–Kier alpha value is -1.44. The fraction of sp³-hybridized carbons (Fsp3) is 0.235. The Morgan fingerprint density at radius 1 is 1.20 bits per heavy atom. The molecule has 134 valence electrons. The molecule has 1 amide bonds. The summed E-state index contributed by atoms with van der Waals surface area (Å²) in [6.07, 6.45) is 0. The highest BCUT2D eigenvalue weighted by atomic mass is 79.9. The largest absolute Gasteiger partial charge is 0.338 e. The first kappa shape index (κ1) is 19.9. The molecule has 0 saturated heterocycles. The van der Waals surface area contributed by atoms with Crippen LogP contribution in [-0.2, 0) is 21.2 Å². The molecule has 0 heterocycles. The van der Waals surface area contributed by atoms with Crippen molar-refractivity contribution in [3.8, 4) is 0 Å². The van der Waals surface area contributed by atoms with Crippen LogP contribution < -0.4 is 0 Å². The molecule has 2 rings (SSSR count). The van der Waals surface area contributed by atoms with Gasteiger partial charge < -0.3 is 4.90 Å². The number of nitrogens with zero attached hydrogens (tertiary/aromatic N) is 1. The zero-order chi connectivity index (χ0) is 18.6.